The molecule has 0 amide bonds. The molecule has 30 heavy (non-hydrogen) atoms. The van der Waals surface area contributed by atoms with E-state index in [2.05, 4.69) is 102 Å². The maximum Gasteiger partial charge on any atom is 0.0233 e. The van der Waals surface area contributed by atoms with Crippen LogP contribution in [0.4, 0.5) is 0 Å². The molecule has 0 saturated carbocycles. The minimum Gasteiger partial charge on any atom is -0.329 e. The first kappa shape index (κ1) is 20.1. The van der Waals surface area contributed by atoms with E-state index in [0.717, 1.165) is 13.0 Å². The van der Waals surface area contributed by atoms with Crippen molar-refractivity contribution in [3.63, 3.8) is 0 Å². The van der Waals surface area contributed by atoms with E-state index in [-0.39, 0.29) is 6.04 Å². The van der Waals surface area contributed by atoms with Crippen molar-refractivity contribution in [3.05, 3.63) is 120 Å². The maximum atomic E-state index is 6.04. The topological polar surface area (TPSA) is 38.0 Å². The molecular formula is C28H28N2. The quantitative estimate of drug-likeness (QED) is 0.405. The normalized spacial score (nSPS) is 11.9. The fourth-order valence-corrected chi connectivity index (χ4v) is 3.70. The standard InChI is InChI=1S/C28H28N2/c29-20-28(19-22-11-15-26(16-12-22)24-7-3-1-4-8-24)30-21-23-13-17-27(18-14-23)25-9-5-2-6-10-25/h1-18,28,30H,19-21,29H2. The van der Waals surface area contributed by atoms with Crippen LogP contribution in [0, 0.1) is 0 Å². The first-order valence-corrected chi connectivity index (χ1v) is 10.5. The summed E-state index contributed by atoms with van der Waals surface area (Å²) >= 11 is 0. The van der Waals surface area contributed by atoms with Gasteiger partial charge in [0.25, 0.3) is 0 Å². The molecule has 3 N–H and O–H groups in total. The van der Waals surface area contributed by atoms with Gasteiger partial charge in [-0.3, -0.25) is 0 Å². The van der Waals surface area contributed by atoms with Gasteiger partial charge < -0.3 is 11.1 Å². The summed E-state index contributed by atoms with van der Waals surface area (Å²) in [4.78, 5) is 0. The van der Waals surface area contributed by atoms with Gasteiger partial charge in [-0.2, -0.15) is 0 Å². The maximum absolute atomic E-state index is 6.04. The average Bonchev–Trinajstić information content (AvgIpc) is 2.83. The first-order valence-electron chi connectivity index (χ1n) is 10.5. The first-order chi connectivity index (χ1) is 14.8. The summed E-state index contributed by atoms with van der Waals surface area (Å²) < 4.78 is 0. The van der Waals surface area contributed by atoms with E-state index >= 15 is 0 Å². The Bertz CT molecular complexity index is 1020. The molecule has 0 aromatic heterocycles. The predicted molar refractivity (Wildman–Crippen MR) is 127 cm³/mol. The molecule has 4 rings (SSSR count). The van der Waals surface area contributed by atoms with Gasteiger partial charge >= 0.3 is 0 Å². The lowest BCUT2D eigenvalue weighted by Gasteiger charge is -2.17. The largest absolute Gasteiger partial charge is 0.329 e. The molecule has 0 fully saturated rings. The van der Waals surface area contributed by atoms with Crippen molar-refractivity contribution in [1.29, 1.82) is 0 Å². The van der Waals surface area contributed by atoms with Crippen molar-refractivity contribution < 1.29 is 0 Å². The highest BCUT2D eigenvalue weighted by atomic mass is 14.9. The number of nitrogens with one attached hydrogen (secondary N) is 1. The fraction of sp³-hybridized carbons (Fsp3) is 0.143. The van der Waals surface area contributed by atoms with E-state index in [1.165, 1.54) is 33.4 Å². The number of nitrogens with two attached hydrogens (primary N) is 1. The van der Waals surface area contributed by atoms with E-state index < -0.39 is 0 Å². The lowest BCUT2D eigenvalue weighted by atomic mass is 10.0. The summed E-state index contributed by atoms with van der Waals surface area (Å²) in [6.07, 6.45) is 0.924. The lowest BCUT2D eigenvalue weighted by Crippen LogP contribution is -2.37. The highest BCUT2D eigenvalue weighted by molar-refractivity contribution is 5.64. The molecule has 0 saturated heterocycles. The van der Waals surface area contributed by atoms with Gasteiger partial charge in [-0.25, -0.2) is 0 Å². The van der Waals surface area contributed by atoms with Crippen LogP contribution in [0.2, 0.25) is 0 Å². The van der Waals surface area contributed by atoms with Gasteiger partial charge in [-0.1, -0.05) is 109 Å². The molecule has 0 radical (unpaired) electrons. The van der Waals surface area contributed by atoms with Crippen LogP contribution in [0.5, 0.6) is 0 Å². The Kier molecular flexibility index (Phi) is 6.71. The van der Waals surface area contributed by atoms with Crippen molar-refractivity contribution in [2.45, 2.75) is 19.0 Å². The van der Waals surface area contributed by atoms with Gasteiger partial charge in [-0.05, 0) is 39.8 Å². The minimum atomic E-state index is 0.251. The Morgan fingerprint density at radius 1 is 0.533 bits per heavy atom. The van der Waals surface area contributed by atoms with E-state index in [0.29, 0.717) is 6.54 Å². The average molecular weight is 393 g/mol. The highest BCUT2D eigenvalue weighted by Gasteiger charge is 2.08. The summed E-state index contributed by atoms with van der Waals surface area (Å²) in [5.74, 6) is 0. The lowest BCUT2D eigenvalue weighted by molar-refractivity contribution is 0.516. The summed E-state index contributed by atoms with van der Waals surface area (Å²) in [5, 5.41) is 3.61. The van der Waals surface area contributed by atoms with E-state index in [1.807, 2.05) is 12.1 Å². The number of hydrogen-bond donors (Lipinski definition) is 2. The zero-order valence-corrected chi connectivity index (χ0v) is 17.2. The Balaban J connectivity index is 1.33. The molecule has 0 aliphatic carbocycles. The summed E-state index contributed by atoms with van der Waals surface area (Å²) in [5.41, 5.74) is 13.6. The number of benzene rings is 4. The van der Waals surface area contributed by atoms with Crippen LogP contribution in [0.3, 0.4) is 0 Å². The Morgan fingerprint density at radius 2 is 0.967 bits per heavy atom. The second-order valence-corrected chi connectivity index (χ2v) is 7.64. The van der Waals surface area contributed by atoms with Gasteiger partial charge in [-0.15, -0.1) is 0 Å². The Labute approximate surface area is 179 Å². The highest BCUT2D eigenvalue weighted by Crippen LogP contribution is 2.21. The molecule has 2 nitrogen and oxygen atoms in total. The number of hydrogen-bond acceptors (Lipinski definition) is 2. The predicted octanol–water partition coefficient (Wildman–Crippen LogP) is 5.68. The molecule has 1 atom stereocenters. The van der Waals surface area contributed by atoms with Gasteiger partial charge in [0.2, 0.25) is 0 Å². The van der Waals surface area contributed by atoms with Crippen LogP contribution in [0.25, 0.3) is 22.3 Å². The minimum absolute atomic E-state index is 0.251. The van der Waals surface area contributed by atoms with E-state index in [9.17, 15) is 0 Å². The van der Waals surface area contributed by atoms with Crippen molar-refractivity contribution in [1.82, 2.24) is 5.32 Å². The van der Waals surface area contributed by atoms with Crippen molar-refractivity contribution in [3.8, 4) is 22.3 Å². The molecule has 2 heteroatoms. The Hall–Kier alpha value is -3.20. The monoisotopic (exact) mass is 392 g/mol. The number of rotatable bonds is 8. The fourth-order valence-electron chi connectivity index (χ4n) is 3.70. The zero-order chi connectivity index (χ0) is 20.6. The van der Waals surface area contributed by atoms with E-state index in [1.54, 1.807) is 0 Å². The third-order valence-corrected chi connectivity index (χ3v) is 5.48. The summed E-state index contributed by atoms with van der Waals surface area (Å²) in [6.45, 7) is 1.43. The van der Waals surface area contributed by atoms with Gasteiger partial charge in [0.1, 0.15) is 0 Å². The molecular weight excluding hydrogens is 364 g/mol. The molecule has 1 unspecified atom stereocenters. The molecule has 0 aliphatic heterocycles. The van der Waals surface area contributed by atoms with Gasteiger partial charge in [0.05, 0.1) is 0 Å². The smallest absolute Gasteiger partial charge is 0.0233 e. The molecule has 4 aromatic carbocycles. The van der Waals surface area contributed by atoms with Gasteiger partial charge in [0.15, 0.2) is 0 Å². The second-order valence-electron chi connectivity index (χ2n) is 7.64. The van der Waals surface area contributed by atoms with Crippen LogP contribution < -0.4 is 11.1 Å². The summed E-state index contributed by atoms with van der Waals surface area (Å²) in [7, 11) is 0. The van der Waals surface area contributed by atoms with Gasteiger partial charge in [0, 0.05) is 19.1 Å². The molecule has 0 bridgehead atoms. The van der Waals surface area contributed by atoms with Crippen LogP contribution >= 0.6 is 0 Å². The van der Waals surface area contributed by atoms with E-state index in [4.69, 9.17) is 5.73 Å². The third kappa shape index (κ3) is 5.24. The van der Waals surface area contributed by atoms with Crippen molar-refractivity contribution >= 4 is 0 Å². The molecule has 0 heterocycles. The Morgan fingerprint density at radius 3 is 1.43 bits per heavy atom. The van der Waals surface area contributed by atoms with Crippen LogP contribution in [0.1, 0.15) is 11.1 Å². The third-order valence-electron chi connectivity index (χ3n) is 5.48. The summed E-state index contributed by atoms with van der Waals surface area (Å²) in [6, 6.07) is 38.8. The molecule has 150 valence electrons. The zero-order valence-electron chi connectivity index (χ0n) is 17.2. The van der Waals surface area contributed by atoms with Crippen LogP contribution in [-0.2, 0) is 13.0 Å². The van der Waals surface area contributed by atoms with Crippen molar-refractivity contribution in [2.24, 2.45) is 5.73 Å². The SMILES string of the molecule is NCC(Cc1ccc(-c2ccccc2)cc1)NCc1ccc(-c2ccccc2)cc1. The second kappa shape index (κ2) is 10.0. The molecule has 4 aromatic rings. The van der Waals surface area contributed by atoms with Crippen LogP contribution in [0.15, 0.2) is 109 Å². The van der Waals surface area contributed by atoms with Crippen LogP contribution in [-0.4, -0.2) is 12.6 Å². The van der Waals surface area contributed by atoms with Crippen molar-refractivity contribution in [2.75, 3.05) is 6.54 Å². The molecule has 0 aliphatic rings. The molecule has 0 spiro atoms.